The van der Waals surface area contributed by atoms with E-state index in [0.717, 1.165) is 45.5 Å². The molecule has 8 heterocycles. The molecule has 0 unspecified atom stereocenters. The lowest BCUT2D eigenvalue weighted by atomic mass is 10.0. The third-order valence-electron chi connectivity index (χ3n) is 28.6. The van der Waals surface area contributed by atoms with E-state index in [-0.39, 0.29) is 0 Å². The van der Waals surface area contributed by atoms with E-state index in [1.54, 1.807) is 0 Å². The molecule has 612 valence electrons. The molecule has 0 radical (unpaired) electrons. The fraction of sp³-hybridized carbons (Fsp3) is 0.100. The van der Waals surface area contributed by atoms with Gasteiger partial charge in [0.25, 0.3) is 0 Å². The molecule has 0 amide bonds. The zero-order valence-corrected chi connectivity index (χ0v) is 73.9. The standard InChI is InChI=1S/2C60H46N4/c1-35-15-21-41(22-16-35)61(53-29-37(3)13-19-39(53)5)43-25-27-45-47-9-7-11-49-51-34-58-52(33-57(51)63(59(47)49)55(45)31-43)50-12-8-10-48-46-28-26-44(32-56(46)64(58)60(48)50)62(42-23-17-36(2)18-24-42)54-30-38(4)14-20-40(54)6;1-35-27-45(28-36(2)39(35)5)61(41-15-9-7-10-16-41)43-23-25-47-49-19-13-21-51-53-34-58-54(33-57(53)63(59(49)51)55(47)31-43)52-22-14-20-50-48-26-24-44(32-56(48)64(58)60(50)52)62(42-17-11-8-12-18-42)46-29-37(3)40(6)38(4)30-46/h2*7-34H,1-6H3. The molecule has 0 aliphatic rings. The summed E-state index contributed by atoms with van der Waals surface area (Å²) in [5, 5.41) is 20.4. The number of nitrogens with zero attached hydrogens (tertiary/aromatic N) is 8. The fourth-order valence-electron chi connectivity index (χ4n) is 21.9. The van der Waals surface area contributed by atoms with Crippen LogP contribution in [0, 0.1) is 83.1 Å². The van der Waals surface area contributed by atoms with Gasteiger partial charge in [0.2, 0.25) is 0 Å². The van der Waals surface area contributed by atoms with Crippen molar-refractivity contribution in [2.75, 3.05) is 19.6 Å². The van der Waals surface area contributed by atoms with E-state index < -0.39 is 0 Å². The van der Waals surface area contributed by atoms with Gasteiger partial charge >= 0.3 is 0 Å². The monoisotopic (exact) mass is 1640 g/mol. The van der Waals surface area contributed by atoms with E-state index in [9.17, 15) is 0 Å². The highest BCUT2D eigenvalue weighted by Crippen LogP contribution is 2.52. The normalized spacial score (nSPS) is 12.2. The van der Waals surface area contributed by atoms with Gasteiger partial charge in [0, 0.05) is 154 Å². The van der Waals surface area contributed by atoms with E-state index in [2.05, 4.69) is 460 Å². The molecule has 8 heteroatoms. The highest BCUT2D eigenvalue weighted by Gasteiger charge is 2.30. The Balaban J connectivity index is 0.000000139. The second-order valence-corrected chi connectivity index (χ2v) is 36.4. The van der Waals surface area contributed by atoms with E-state index in [1.165, 1.54) is 242 Å². The maximum Gasteiger partial charge on any atom is 0.0620 e. The molecule has 0 aliphatic carbocycles. The van der Waals surface area contributed by atoms with E-state index in [0.29, 0.717) is 0 Å². The average molecular weight is 1650 g/mol. The Labute approximate surface area is 742 Å². The van der Waals surface area contributed by atoms with Gasteiger partial charge in [-0.2, -0.15) is 0 Å². The Morgan fingerprint density at radius 2 is 0.383 bits per heavy atom. The van der Waals surface area contributed by atoms with Crippen LogP contribution in [0.3, 0.4) is 0 Å². The lowest BCUT2D eigenvalue weighted by molar-refractivity contribution is 1.21. The second-order valence-electron chi connectivity index (χ2n) is 36.4. The summed E-state index contributed by atoms with van der Waals surface area (Å²) in [5.41, 5.74) is 44.1. The molecule has 26 rings (SSSR count). The van der Waals surface area contributed by atoms with Crippen molar-refractivity contribution < 1.29 is 0 Å². The predicted molar refractivity (Wildman–Crippen MR) is 547 cm³/mol. The lowest BCUT2D eigenvalue weighted by Gasteiger charge is -2.27. The smallest absolute Gasteiger partial charge is 0.0620 e. The number of anilines is 12. The maximum atomic E-state index is 2.54. The number of para-hydroxylation sites is 6. The Bertz CT molecular complexity index is 8520. The largest absolute Gasteiger partial charge is 0.310 e. The van der Waals surface area contributed by atoms with Crippen molar-refractivity contribution in [2.24, 2.45) is 0 Å². The van der Waals surface area contributed by atoms with Crippen molar-refractivity contribution >= 4 is 221 Å². The van der Waals surface area contributed by atoms with Gasteiger partial charge < -0.3 is 37.2 Å². The van der Waals surface area contributed by atoms with E-state index in [4.69, 9.17) is 0 Å². The summed E-state index contributed by atoms with van der Waals surface area (Å²) in [4.78, 5) is 9.69. The third kappa shape index (κ3) is 11.0. The van der Waals surface area contributed by atoms with Gasteiger partial charge in [-0.3, -0.25) is 0 Å². The van der Waals surface area contributed by atoms with Crippen LogP contribution < -0.4 is 19.6 Å². The summed E-state index contributed by atoms with van der Waals surface area (Å²) < 4.78 is 10.2. The third-order valence-corrected chi connectivity index (χ3v) is 28.6. The summed E-state index contributed by atoms with van der Waals surface area (Å²) in [6.45, 7) is 26.4. The molecule has 18 aromatic carbocycles. The zero-order chi connectivity index (χ0) is 86.2. The van der Waals surface area contributed by atoms with Gasteiger partial charge in [0.15, 0.2) is 0 Å². The number of aryl methyl sites for hydroxylation is 10. The quantitative estimate of drug-likeness (QED) is 0.122. The van der Waals surface area contributed by atoms with E-state index in [1.807, 2.05) is 0 Å². The van der Waals surface area contributed by atoms with Crippen LogP contribution in [-0.4, -0.2) is 17.6 Å². The van der Waals surface area contributed by atoms with Crippen LogP contribution in [-0.2, 0) is 0 Å². The topological polar surface area (TPSA) is 30.6 Å². The van der Waals surface area contributed by atoms with Gasteiger partial charge in [-0.05, 0) is 296 Å². The molecule has 0 spiro atoms. The van der Waals surface area contributed by atoms with Crippen molar-refractivity contribution in [3.05, 3.63) is 406 Å². The number of fused-ring (bicyclic) bond motifs is 24. The molecule has 0 saturated heterocycles. The van der Waals surface area contributed by atoms with Crippen LogP contribution in [0.4, 0.5) is 68.2 Å². The second kappa shape index (κ2) is 27.9. The van der Waals surface area contributed by atoms with Crippen LogP contribution in [0.5, 0.6) is 0 Å². The Morgan fingerprint density at radius 3 is 0.664 bits per heavy atom. The molecular weight excluding hydrogens is 1550 g/mol. The molecular formula is C120H92N8. The van der Waals surface area contributed by atoms with Gasteiger partial charge in [-0.15, -0.1) is 0 Å². The molecule has 0 N–H and O–H groups in total. The summed E-state index contributed by atoms with van der Waals surface area (Å²) in [7, 11) is 0. The fourth-order valence-corrected chi connectivity index (χ4v) is 21.9. The van der Waals surface area contributed by atoms with Crippen LogP contribution in [0.2, 0.25) is 0 Å². The number of rotatable bonds is 12. The van der Waals surface area contributed by atoms with Gasteiger partial charge in [0.05, 0.1) is 66.2 Å². The predicted octanol–water partition coefficient (Wildman–Crippen LogP) is 33.6. The van der Waals surface area contributed by atoms with Gasteiger partial charge in [0.1, 0.15) is 0 Å². The van der Waals surface area contributed by atoms with Gasteiger partial charge in [-0.1, -0.05) is 193 Å². The van der Waals surface area contributed by atoms with Crippen molar-refractivity contribution in [3.63, 3.8) is 0 Å². The Morgan fingerprint density at radius 1 is 0.148 bits per heavy atom. The molecule has 0 aliphatic heterocycles. The summed E-state index contributed by atoms with van der Waals surface area (Å²) in [6, 6.07) is 128. The highest BCUT2D eigenvalue weighted by molar-refractivity contribution is 6.32. The molecule has 8 aromatic heterocycles. The minimum absolute atomic E-state index is 1.14. The lowest BCUT2D eigenvalue weighted by Crippen LogP contribution is -2.11. The van der Waals surface area contributed by atoms with Crippen LogP contribution in [0.25, 0.3) is 152 Å². The van der Waals surface area contributed by atoms with Crippen molar-refractivity contribution in [1.82, 2.24) is 17.6 Å². The van der Waals surface area contributed by atoms with Crippen LogP contribution in [0.1, 0.15) is 66.8 Å². The summed E-state index contributed by atoms with van der Waals surface area (Å²) in [5.74, 6) is 0. The summed E-state index contributed by atoms with van der Waals surface area (Å²) in [6.07, 6.45) is 0. The first-order chi connectivity index (χ1) is 62.4. The first-order valence-electron chi connectivity index (χ1n) is 44.9. The van der Waals surface area contributed by atoms with Crippen LogP contribution in [0.15, 0.2) is 340 Å². The number of hydrogen-bond acceptors (Lipinski definition) is 4. The first-order valence-corrected chi connectivity index (χ1v) is 44.9. The summed E-state index contributed by atoms with van der Waals surface area (Å²) >= 11 is 0. The average Bonchev–Trinajstić information content (AvgIpc) is 1.52. The van der Waals surface area contributed by atoms with Gasteiger partial charge in [-0.25, -0.2) is 0 Å². The van der Waals surface area contributed by atoms with Crippen molar-refractivity contribution in [1.29, 1.82) is 0 Å². The molecule has 0 bridgehead atoms. The molecule has 26 aromatic rings. The highest BCUT2D eigenvalue weighted by atomic mass is 15.2. The minimum Gasteiger partial charge on any atom is -0.310 e. The minimum atomic E-state index is 1.14. The number of aromatic nitrogens is 4. The number of hydrogen-bond donors (Lipinski definition) is 0. The maximum absolute atomic E-state index is 2.54. The molecule has 8 nitrogen and oxygen atoms in total. The van der Waals surface area contributed by atoms with Crippen molar-refractivity contribution in [2.45, 2.75) is 83.1 Å². The SMILES string of the molecule is Cc1cc(N(c2ccccc2)c2ccc3c4cccc5c6cc7c(cc6n(c3c2)c45)c2cccc3c4ccc(N(c5ccccc5)c5cc(C)c(C)c(C)c5)cc4n7c32)cc(C)c1C.Cc1ccc(N(c2ccc3c4cccc5c6cc7c(cc6n(c3c2)c45)c2cccc3c4ccc(N(c5ccc(C)cc5)c5cc(C)ccc5C)cc4n7c32)c2cc(C)ccc2C)cc1. The van der Waals surface area contributed by atoms with Crippen LogP contribution >= 0.6 is 0 Å². The molecule has 128 heavy (non-hydrogen) atoms. The zero-order valence-electron chi connectivity index (χ0n) is 73.9. The first kappa shape index (κ1) is 74.9. The van der Waals surface area contributed by atoms with E-state index >= 15 is 0 Å². The number of benzene rings is 18. The molecule has 0 fully saturated rings. The molecule has 0 atom stereocenters. The molecule has 0 saturated carbocycles. The van der Waals surface area contributed by atoms with Crippen molar-refractivity contribution in [3.8, 4) is 0 Å². The Hall–Kier alpha value is -15.6. The Kier molecular flexibility index (Phi) is 16.4.